The van der Waals surface area contributed by atoms with Crippen molar-refractivity contribution in [3.63, 3.8) is 0 Å². The van der Waals surface area contributed by atoms with Gasteiger partial charge in [0.15, 0.2) is 5.13 Å². The summed E-state index contributed by atoms with van der Waals surface area (Å²) < 4.78 is 5.48. The zero-order chi connectivity index (χ0) is 14.5. The van der Waals surface area contributed by atoms with Gasteiger partial charge >= 0.3 is 0 Å². The fraction of sp³-hybridized carbons (Fsp3) is 0.692. The van der Waals surface area contributed by atoms with Gasteiger partial charge in [0, 0.05) is 25.6 Å². The molecule has 7 heteroatoms. The fourth-order valence-electron chi connectivity index (χ4n) is 2.15. The first-order chi connectivity index (χ1) is 9.61. The highest BCUT2D eigenvalue weighted by atomic mass is 32.1. The van der Waals surface area contributed by atoms with E-state index >= 15 is 0 Å². The van der Waals surface area contributed by atoms with Crippen LogP contribution in [-0.4, -0.2) is 36.7 Å². The van der Waals surface area contributed by atoms with Crippen molar-refractivity contribution in [2.45, 2.75) is 32.8 Å². The summed E-state index contributed by atoms with van der Waals surface area (Å²) in [6.45, 7) is 6.33. The Morgan fingerprint density at radius 2 is 2.40 bits per heavy atom. The third kappa shape index (κ3) is 3.61. The van der Waals surface area contributed by atoms with Crippen LogP contribution in [0.1, 0.15) is 36.4 Å². The van der Waals surface area contributed by atoms with Crippen LogP contribution in [0.25, 0.3) is 0 Å². The Kier molecular flexibility index (Phi) is 5.19. The molecule has 2 heterocycles. The van der Waals surface area contributed by atoms with Crippen LogP contribution in [0.4, 0.5) is 10.9 Å². The highest BCUT2D eigenvalue weighted by Crippen LogP contribution is 2.25. The third-order valence-electron chi connectivity index (χ3n) is 3.44. The minimum atomic E-state index is -0.149. The second-order valence-electron chi connectivity index (χ2n) is 4.99. The number of ether oxygens (including phenoxy) is 1. The van der Waals surface area contributed by atoms with E-state index in [0.29, 0.717) is 28.3 Å². The lowest BCUT2D eigenvalue weighted by atomic mass is 10.0. The van der Waals surface area contributed by atoms with Crippen molar-refractivity contribution in [2.75, 3.05) is 30.7 Å². The molecule has 1 aliphatic heterocycles. The molecule has 0 aliphatic carbocycles. The van der Waals surface area contributed by atoms with Gasteiger partial charge in [0.05, 0.1) is 6.10 Å². The van der Waals surface area contributed by atoms with Crippen LogP contribution < -0.4 is 16.4 Å². The molecular formula is C13H22N4O2S. The number of rotatable bonds is 6. The Labute approximate surface area is 123 Å². The van der Waals surface area contributed by atoms with E-state index in [0.717, 1.165) is 26.0 Å². The first kappa shape index (κ1) is 15.1. The molecule has 6 nitrogen and oxygen atoms in total. The molecule has 1 saturated heterocycles. The monoisotopic (exact) mass is 298 g/mol. The molecule has 0 bridgehead atoms. The molecule has 2 unspecified atom stereocenters. The Balaban J connectivity index is 1.89. The number of amides is 1. The number of nitrogens with zero attached hydrogens (tertiary/aromatic N) is 1. The second kappa shape index (κ2) is 6.90. The summed E-state index contributed by atoms with van der Waals surface area (Å²) in [5.74, 6) is 0.524. The van der Waals surface area contributed by atoms with Crippen LogP contribution in [0.2, 0.25) is 0 Å². The minimum Gasteiger partial charge on any atom is -0.382 e. The largest absolute Gasteiger partial charge is 0.382 e. The minimum absolute atomic E-state index is 0.149. The van der Waals surface area contributed by atoms with Crippen molar-refractivity contribution in [1.82, 2.24) is 10.3 Å². The second-order valence-corrected chi connectivity index (χ2v) is 5.99. The van der Waals surface area contributed by atoms with E-state index in [9.17, 15) is 4.79 Å². The first-order valence-corrected chi connectivity index (χ1v) is 7.83. The molecular weight excluding hydrogens is 276 g/mol. The summed E-state index contributed by atoms with van der Waals surface area (Å²) in [6.07, 6.45) is 2.19. The molecule has 1 aliphatic rings. The summed E-state index contributed by atoms with van der Waals surface area (Å²) in [4.78, 5) is 16.8. The molecule has 112 valence electrons. The third-order valence-corrected chi connectivity index (χ3v) is 4.47. The van der Waals surface area contributed by atoms with Crippen molar-refractivity contribution < 1.29 is 9.53 Å². The van der Waals surface area contributed by atoms with E-state index in [1.807, 2.05) is 6.92 Å². The van der Waals surface area contributed by atoms with Crippen LogP contribution in [0.3, 0.4) is 0 Å². The molecule has 4 N–H and O–H groups in total. The van der Waals surface area contributed by atoms with Gasteiger partial charge in [-0.15, -0.1) is 0 Å². The lowest BCUT2D eigenvalue weighted by molar-refractivity contribution is 0.0911. The van der Waals surface area contributed by atoms with Crippen molar-refractivity contribution >= 4 is 28.2 Å². The Morgan fingerprint density at radius 3 is 3.05 bits per heavy atom. The number of nitrogen functional groups attached to an aromatic ring is 1. The molecule has 1 aromatic heterocycles. The average molecular weight is 298 g/mol. The maximum absolute atomic E-state index is 12.1. The van der Waals surface area contributed by atoms with Crippen LogP contribution in [-0.2, 0) is 4.74 Å². The zero-order valence-corrected chi connectivity index (χ0v) is 12.8. The number of carbonyl (C=O) groups is 1. The van der Waals surface area contributed by atoms with Gasteiger partial charge in [0.2, 0.25) is 0 Å². The molecule has 2 rings (SSSR count). The molecule has 0 aromatic carbocycles. The van der Waals surface area contributed by atoms with Crippen LogP contribution in [0, 0.1) is 5.92 Å². The van der Waals surface area contributed by atoms with E-state index in [1.165, 1.54) is 11.3 Å². The van der Waals surface area contributed by atoms with Gasteiger partial charge in [-0.3, -0.25) is 4.79 Å². The van der Waals surface area contributed by atoms with E-state index < -0.39 is 0 Å². The number of hydrogen-bond acceptors (Lipinski definition) is 6. The van der Waals surface area contributed by atoms with E-state index in [2.05, 4.69) is 22.5 Å². The van der Waals surface area contributed by atoms with Crippen LogP contribution >= 0.6 is 11.3 Å². The number of anilines is 2. The van der Waals surface area contributed by atoms with Gasteiger partial charge in [-0.2, -0.15) is 0 Å². The van der Waals surface area contributed by atoms with E-state index in [1.54, 1.807) is 0 Å². The maximum Gasteiger partial charge on any atom is 0.265 e. The Bertz CT molecular complexity index is 463. The van der Waals surface area contributed by atoms with Gasteiger partial charge in [-0.25, -0.2) is 4.98 Å². The predicted molar refractivity (Wildman–Crippen MR) is 81.2 cm³/mol. The molecule has 0 radical (unpaired) electrons. The fourth-order valence-corrected chi connectivity index (χ4v) is 2.98. The quantitative estimate of drug-likeness (QED) is 0.744. The molecule has 1 fully saturated rings. The number of carbonyl (C=O) groups excluding carboxylic acids is 1. The van der Waals surface area contributed by atoms with Gasteiger partial charge in [-0.05, 0) is 19.8 Å². The number of nitrogens with one attached hydrogen (secondary N) is 2. The van der Waals surface area contributed by atoms with Crippen LogP contribution in [0.15, 0.2) is 0 Å². The number of nitrogens with two attached hydrogens (primary N) is 1. The molecule has 1 aromatic rings. The summed E-state index contributed by atoms with van der Waals surface area (Å²) in [5, 5.41) is 6.77. The Morgan fingerprint density at radius 1 is 1.60 bits per heavy atom. The molecule has 0 spiro atoms. The number of thiazole rings is 1. The molecule has 1 amide bonds. The van der Waals surface area contributed by atoms with Gasteiger partial charge < -0.3 is 21.1 Å². The summed E-state index contributed by atoms with van der Waals surface area (Å²) in [5.41, 5.74) is 5.80. The van der Waals surface area contributed by atoms with Gasteiger partial charge in [0.1, 0.15) is 10.7 Å². The van der Waals surface area contributed by atoms with Gasteiger partial charge in [-0.1, -0.05) is 18.3 Å². The highest BCUT2D eigenvalue weighted by molar-refractivity contribution is 7.18. The van der Waals surface area contributed by atoms with E-state index in [4.69, 9.17) is 10.5 Å². The lowest BCUT2D eigenvalue weighted by Crippen LogP contribution is -2.31. The standard InChI is InChI=1S/C13H22N4O2S/c1-3-5-15-13-17-11(14)10(20-13)12(18)16-7-9-4-6-19-8(9)2/h8-9H,3-7,14H2,1-2H3,(H,15,17)(H,16,18). The van der Waals surface area contributed by atoms with Gasteiger partial charge in [0.25, 0.3) is 5.91 Å². The van der Waals surface area contributed by atoms with Crippen molar-refractivity contribution in [1.29, 1.82) is 0 Å². The summed E-state index contributed by atoms with van der Waals surface area (Å²) in [7, 11) is 0. The number of hydrogen-bond donors (Lipinski definition) is 3. The summed E-state index contributed by atoms with van der Waals surface area (Å²) in [6, 6.07) is 0. The van der Waals surface area contributed by atoms with Crippen molar-refractivity contribution in [3.05, 3.63) is 4.88 Å². The molecule has 2 atom stereocenters. The molecule has 20 heavy (non-hydrogen) atoms. The average Bonchev–Trinajstić information content (AvgIpc) is 3.00. The lowest BCUT2D eigenvalue weighted by Gasteiger charge is -2.14. The first-order valence-electron chi connectivity index (χ1n) is 7.01. The topological polar surface area (TPSA) is 89.3 Å². The van der Waals surface area contributed by atoms with Crippen molar-refractivity contribution in [3.8, 4) is 0 Å². The Hall–Kier alpha value is -1.34. The predicted octanol–water partition coefficient (Wildman–Crippen LogP) is 1.70. The highest BCUT2D eigenvalue weighted by Gasteiger charge is 2.25. The smallest absolute Gasteiger partial charge is 0.265 e. The SMILES string of the molecule is CCCNc1nc(N)c(C(=O)NCC2CCOC2C)s1. The van der Waals surface area contributed by atoms with E-state index in [-0.39, 0.29) is 12.0 Å². The number of aromatic nitrogens is 1. The zero-order valence-electron chi connectivity index (χ0n) is 11.9. The molecule has 0 saturated carbocycles. The van der Waals surface area contributed by atoms with Crippen LogP contribution in [0.5, 0.6) is 0 Å². The normalized spacial score (nSPS) is 21.9. The van der Waals surface area contributed by atoms with Crippen molar-refractivity contribution in [2.24, 2.45) is 5.92 Å². The summed E-state index contributed by atoms with van der Waals surface area (Å²) >= 11 is 1.30. The maximum atomic E-state index is 12.1.